The number of esters is 1. The van der Waals surface area contributed by atoms with Gasteiger partial charge in [0.25, 0.3) is 5.91 Å². The van der Waals surface area contributed by atoms with Crippen molar-refractivity contribution in [2.75, 3.05) is 5.32 Å². The van der Waals surface area contributed by atoms with E-state index in [9.17, 15) is 9.59 Å². The van der Waals surface area contributed by atoms with Gasteiger partial charge in [-0.3, -0.25) is 9.59 Å². The van der Waals surface area contributed by atoms with Crippen LogP contribution in [0.15, 0.2) is 48.5 Å². The molecule has 0 saturated heterocycles. The van der Waals surface area contributed by atoms with Crippen LogP contribution in [0.1, 0.15) is 43.4 Å². The lowest BCUT2D eigenvalue weighted by atomic mass is 10.0. The summed E-state index contributed by atoms with van der Waals surface area (Å²) in [5, 5.41) is 2.77. The maximum Gasteiger partial charge on any atom is 0.311 e. The van der Waals surface area contributed by atoms with Crippen molar-refractivity contribution in [2.24, 2.45) is 0 Å². The van der Waals surface area contributed by atoms with Crippen molar-refractivity contribution in [2.45, 2.75) is 46.1 Å². The quantitative estimate of drug-likeness (QED) is 0.801. The molecule has 0 radical (unpaired) electrons. The van der Waals surface area contributed by atoms with Gasteiger partial charge in [0.2, 0.25) is 0 Å². The molecule has 1 N–H and O–H groups in total. The van der Waals surface area contributed by atoms with Crippen LogP contribution >= 0.6 is 0 Å². The molecule has 2 rings (SSSR count). The number of rotatable bonds is 6. The lowest BCUT2D eigenvalue weighted by molar-refractivity contribution is -0.152. The summed E-state index contributed by atoms with van der Waals surface area (Å²) in [5.74, 6) is -0.317. The van der Waals surface area contributed by atoms with Gasteiger partial charge in [-0.2, -0.15) is 0 Å². The van der Waals surface area contributed by atoms with Crippen LogP contribution in [-0.2, 0) is 20.7 Å². The summed E-state index contributed by atoms with van der Waals surface area (Å²) >= 11 is 0. The van der Waals surface area contributed by atoms with Gasteiger partial charge >= 0.3 is 5.97 Å². The van der Waals surface area contributed by atoms with Crippen molar-refractivity contribution < 1.29 is 14.3 Å². The molecule has 0 aliphatic rings. The molecule has 0 aromatic heterocycles. The molecular weight excluding hydrogens is 314 g/mol. The van der Waals surface area contributed by atoms with Crippen molar-refractivity contribution in [3.05, 3.63) is 65.2 Å². The predicted molar refractivity (Wildman–Crippen MR) is 99.6 cm³/mol. The Hall–Kier alpha value is -2.62. The summed E-state index contributed by atoms with van der Waals surface area (Å²) in [4.78, 5) is 24.2. The molecule has 2 aromatic carbocycles. The second kappa shape index (κ2) is 8.47. The fourth-order valence-corrected chi connectivity index (χ4v) is 2.36. The van der Waals surface area contributed by atoms with Gasteiger partial charge in [0.1, 0.15) is 0 Å². The highest BCUT2D eigenvalue weighted by molar-refractivity contribution is 5.95. The zero-order valence-corrected chi connectivity index (χ0v) is 15.2. The van der Waals surface area contributed by atoms with E-state index in [-0.39, 0.29) is 12.3 Å². The van der Waals surface area contributed by atoms with Crippen molar-refractivity contribution in [1.29, 1.82) is 0 Å². The maximum absolute atomic E-state index is 12.2. The van der Waals surface area contributed by atoms with Gasteiger partial charge in [-0.25, -0.2) is 0 Å². The van der Waals surface area contributed by atoms with Crippen molar-refractivity contribution in [1.82, 2.24) is 0 Å². The molecule has 0 aliphatic carbocycles. The highest BCUT2D eigenvalue weighted by Crippen LogP contribution is 2.17. The van der Waals surface area contributed by atoms with Crippen LogP contribution in [0.2, 0.25) is 0 Å². The Labute approximate surface area is 149 Å². The number of amides is 1. The molecule has 0 heterocycles. The summed E-state index contributed by atoms with van der Waals surface area (Å²) in [6.07, 6.45) is -0.691. The summed E-state index contributed by atoms with van der Waals surface area (Å²) in [6, 6.07) is 15.3. The molecule has 0 spiro atoms. The minimum absolute atomic E-state index is 0.154. The van der Waals surface area contributed by atoms with Crippen molar-refractivity contribution in [3.63, 3.8) is 0 Å². The maximum atomic E-state index is 12.2. The van der Waals surface area contributed by atoms with E-state index in [0.717, 1.165) is 11.1 Å². The first kappa shape index (κ1) is 18.7. The molecule has 0 saturated carbocycles. The lowest BCUT2D eigenvalue weighted by Gasteiger charge is -2.14. The molecule has 132 valence electrons. The Bertz CT molecular complexity index is 718. The average Bonchev–Trinajstić information content (AvgIpc) is 2.57. The van der Waals surface area contributed by atoms with Crippen molar-refractivity contribution in [3.8, 4) is 0 Å². The van der Waals surface area contributed by atoms with Gasteiger partial charge in [0.05, 0.1) is 6.42 Å². The van der Waals surface area contributed by atoms with E-state index in [0.29, 0.717) is 11.6 Å². The van der Waals surface area contributed by atoms with Gasteiger partial charge in [-0.05, 0) is 43.0 Å². The molecule has 1 amide bonds. The van der Waals surface area contributed by atoms with E-state index in [1.807, 2.05) is 55.5 Å². The third-order valence-corrected chi connectivity index (χ3v) is 3.99. The Morgan fingerprint density at radius 2 is 1.56 bits per heavy atom. The number of hydrogen-bond donors (Lipinski definition) is 1. The van der Waals surface area contributed by atoms with Crippen LogP contribution in [0.5, 0.6) is 0 Å². The molecule has 4 heteroatoms. The van der Waals surface area contributed by atoms with Gasteiger partial charge in [0, 0.05) is 5.69 Å². The van der Waals surface area contributed by atoms with Gasteiger partial charge in [-0.1, -0.05) is 55.8 Å². The predicted octanol–water partition coefficient (Wildman–Crippen LogP) is 4.23. The smallest absolute Gasteiger partial charge is 0.311 e. The molecule has 1 atom stereocenters. The fourth-order valence-electron chi connectivity index (χ4n) is 2.36. The molecule has 0 aliphatic heterocycles. The monoisotopic (exact) mass is 339 g/mol. The Morgan fingerprint density at radius 1 is 0.960 bits per heavy atom. The van der Waals surface area contributed by atoms with Crippen molar-refractivity contribution >= 4 is 17.6 Å². The first-order valence-electron chi connectivity index (χ1n) is 8.51. The molecule has 0 bridgehead atoms. The number of carbonyl (C=O) groups is 2. The number of ether oxygens (including phenoxy) is 1. The SMILES string of the molecule is Cc1ccc(CC(=O)O[C@@H](C)C(=O)Nc2ccc(C(C)C)cc2)cc1. The number of hydrogen-bond acceptors (Lipinski definition) is 3. The number of carbonyl (C=O) groups excluding carboxylic acids is 2. The van der Waals surface area contributed by atoms with E-state index in [2.05, 4.69) is 19.2 Å². The second-order valence-corrected chi connectivity index (χ2v) is 6.56. The van der Waals surface area contributed by atoms with Crippen LogP contribution in [0, 0.1) is 6.92 Å². The Morgan fingerprint density at radius 3 is 2.12 bits per heavy atom. The first-order chi connectivity index (χ1) is 11.8. The topological polar surface area (TPSA) is 55.4 Å². The van der Waals surface area contributed by atoms with E-state index in [4.69, 9.17) is 4.74 Å². The van der Waals surface area contributed by atoms with Gasteiger partial charge in [0.15, 0.2) is 6.10 Å². The lowest BCUT2D eigenvalue weighted by Crippen LogP contribution is -2.30. The zero-order chi connectivity index (χ0) is 18.4. The zero-order valence-electron chi connectivity index (χ0n) is 15.2. The summed E-state index contributed by atoms with van der Waals surface area (Å²) in [5.41, 5.74) is 3.90. The standard InChI is InChI=1S/C21H25NO3/c1-14(2)18-9-11-19(12-10-18)22-21(24)16(4)25-20(23)13-17-7-5-15(3)6-8-17/h5-12,14,16H,13H2,1-4H3,(H,22,24)/t16-/m0/s1. The van der Waals surface area contributed by atoms with Crippen LogP contribution in [0.25, 0.3) is 0 Å². The van der Waals surface area contributed by atoms with E-state index in [1.54, 1.807) is 6.92 Å². The van der Waals surface area contributed by atoms with E-state index in [1.165, 1.54) is 5.56 Å². The molecule has 4 nitrogen and oxygen atoms in total. The summed E-state index contributed by atoms with van der Waals surface area (Å²) in [7, 11) is 0. The normalized spacial score (nSPS) is 11.9. The van der Waals surface area contributed by atoms with Crippen LogP contribution in [0.3, 0.4) is 0 Å². The second-order valence-electron chi connectivity index (χ2n) is 6.56. The highest BCUT2D eigenvalue weighted by Gasteiger charge is 2.18. The van der Waals surface area contributed by atoms with Gasteiger partial charge < -0.3 is 10.1 Å². The number of nitrogens with one attached hydrogen (secondary N) is 1. The average molecular weight is 339 g/mol. The molecular formula is C21H25NO3. The summed E-state index contributed by atoms with van der Waals surface area (Å²) in [6.45, 7) is 7.79. The Balaban J connectivity index is 1.86. The minimum atomic E-state index is -0.845. The molecule has 0 unspecified atom stereocenters. The van der Waals surface area contributed by atoms with E-state index < -0.39 is 12.1 Å². The first-order valence-corrected chi connectivity index (χ1v) is 8.51. The minimum Gasteiger partial charge on any atom is -0.452 e. The largest absolute Gasteiger partial charge is 0.452 e. The fraction of sp³-hybridized carbons (Fsp3) is 0.333. The van der Waals surface area contributed by atoms with E-state index >= 15 is 0 Å². The van der Waals surface area contributed by atoms with Crippen LogP contribution in [-0.4, -0.2) is 18.0 Å². The van der Waals surface area contributed by atoms with Crippen LogP contribution in [0.4, 0.5) is 5.69 Å². The molecule has 25 heavy (non-hydrogen) atoms. The third-order valence-electron chi connectivity index (χ3n) is 3.99. The van der Waals surface area contributed by atoms with Crippen LogP contribution < -0.4 is 5.32 Å². The van der Waals surface area contributed by atoms with Gasteiger partial charge in [-0.15, -0.1) is 0 Å². The number of aryl methyl sites for hydroxylation is 1. The molecule has 0 fully saturated rings. The summed E-state index contributed by atoms with van der Waals surface area (Å²) < 4.78 is 5.23. The third kappa shape index (κ3) is 5.75. The number of benzene rings is 2. The highest BCUT2D eigenvalue weighted by atomic mass is 16.5. The number of anilines is 1. The Kier molecular flexibility index (Phi) is 6.34. The molecule has 2 aromatic rings.